The molecule has 0 aromatic heterocycles. The molecule has 1 aliphatic rings. The number of piperazine rings is 1. The van der Waals surface area contributed by atoms with Gasteiger partial charge in [0.25, 0.3) is 0 Å². The molecule has 1 atom stereocenters. The van der Waals surface area contributed by atoms with Crippen LogP contribution in [0.4, 0.5) is 5.69 Å². The van der Waals surface area contributed by atoms with E-state index in [1.54, 1.807) is 0 Å². The maximum atomic E-state index is 6.07. The van der Waals surface area contributed by atoms with Crippen LogP contribution in [-0.2, 0) is 0 Å². The van der Waals surface area contributed by atoms with Crippen molar-refractivity contribution in [3.8, 4) is 0 Å². The van der Waals surface area contributed by atoms with E-state index < -0.39 is 0 Å². The van der Waals surface area contributed by atoms with E-state index in [1.165, 1.54) is 11.3 Å². The Morgan fingerprint density at radius 2 is 1.94 bits per heavy atom. The Morgan fingerprint density at radius 3 is 2.50 bits per heavy atom. The Balaban J connectivity index is 2.20. The molecular weight excluding hydrogens is 290 g/mol. The highest BCUT2D eigenvalue weighted by molar-refractivity contribution is 9.10. The standard InChI is InChI=1S/C14H22BrN3/c1-3-17-6-8-18(9-7-17)14-10-12(15)4-5-13(14)11(2)16/h4-5,10-11H,3,6-9,16H2,1-2H3. The van der Waals surface area contributed by atoms with E-state index in [0.29, 0.717) is 0 Å². The smallest absolute Gasteiger partial charge is 0.0426 e. The molecule has 1 aromatic carbocycles. The second-order valence-corrected chi connectivity index (χ2v) is 5.83. The van der Waals surface area contributed by atoms with Crippen molar-refractivity contribution < 1.29 is 0 Å². The van der Waals surface area contributed by atoms with Crippen molar-refractivity contribution in [2.45, 2.75) is 19.9 Å². The molecule has 1 unspecified atom stereocenters. The normalized spacial score (nSPS) is 19.0. The number of nitrogens with zero attached hydrogens (tertiary/aromatic N) is 2. The minimum absolute atomic E-state index is 0.0808. The Hall–Kier alpha value is -0.580. The van der Waals surface area contributed by atoms with Crippen LogP contribution in [0.2, 0.25) is 0 Å². The lowest BCUT2D eigenvalue weighted by Crippen LogP contribution is -2.46. The van der Waals surface area contributed by atoms with Crippen LogP contribution >= 0.6 is 15.9 Å². The van der Waals surface area contributed by atoms with Crippen molar-refractivity contribution in [3.63, 3.8) is 0 Å². The van der Waals surface area contributed by atoms with Crippen molar-refractivity contribution in [1.29, 1.82) is 0 Å². The van der Waals surface area contributed by atoms with Gasteiger partial charge in [0.05, 0.1) is 0 Å². The molecular formula is C14H22BrN3. The average molecular weight is 312 g/mol. The fourth-order valence-corrected chi connectivity index (χ4v) is 2.83. The van der Waals surface area contributed by atoms with Crippen LogP contribution in [0, 0.1) is 0 Å². The molecule has 0 amide bonds. The summed E-state index contributed by atoms with van der Waals surface area (Å²) in [5.41, 5.74) is 8.60. The van der Waals surface area contributed by atoms with E-state index in [9.17, 15) is 0 Å². The number of anilines is 1. The lowest BCUT2D eigenvalue weighted by molar-refractivity contribution is 0.271. The molecule has 0 spiro atoms. The average Bonchev–Trinajstić information content (AvgIpc) is 2.38. The van der Waals surface area contributed by atoms with Crippen LogP contribution in [0.25, 0.3) is 0 Å². The molecule has 0 aliphatic carbocycles. The molecule has 1 fully saturated rings. The first-order valence-corrected chi connectivity index (χ1v) is 7.43. The summed E-state index contributed by atoms with van der Waals surface area (Å²) in [5.74, 6) is 0. The zero-order valence-electron chi connectivity index (χ0n) is 11.2. The first-order valence-electron chi connectivity index (χ1n) is 6.64. The van der Waals surface area contributed by atoms with Gasteiger partial charge in [-0.25, -0.2) is 0 Å². The van der Waals surface area contributed by atoms with E-state index in [1.807, 2.05) is 0 Å². The van der Waals surface area contributed by atoms with Crippen LogP contribution in [0.5, 0.6) is 0 Å². The SMILES string of the molecule is CCN1CCN(c2cc(Br)ccc2C(C)N)CC1. The molecule has 2 rings (SSSR count). The largest absolute Gasteiger partial charge is 0.369 e. The van der Waals surface area contributed by atoms with Crippen molar-refractivity contribution >= 4 is 21.6 Å². The van der Waals surface area contributed by atoms with Crippen molar-refractivity contribution in [2.75, 3.05) is 37.6 Å². The highest BCUT2D eigenvalue weighted by Gasteiger charge is 2.19. The van der Waals surface area contributed by atoms with Crippen molar-refractivity contribution in [2.24, 2.45) is 5.73 Å². The molecule has 1 saturated heterocycles. The summed E-state index contributed by atoms with van der Waals surface area (Å²) >= 11 is 3.56. The van der Waals surface area contributed by atoms with Crippen LogP contribution in [0.3, 0.4) is 0 Å². The van der Waals surface area contributed by atoms with Gasteiger partial charge < -0.3 is 15.5 Å². The van der Waals surface area contributed by atoms with Gasteiger partial charge in [-0.3, -0.25) is 0 Å². The van der Waals surface area contributed by atoms with Gasteiger partial charge in [0, 0.05) is 42.4 Å². The van der Waals surface area contributed by atoms with Crippen LogP contribution in [0.15, 0.2) is 22.7 Å². The van der Waals surface area contributed by atoms with Crippen LogP contribution < -0.4 is 10.6 Å². The fraction of sp³-hybridized carbons (Fsp3) is 0.571. The molecule has 1 aliphatic heterocycles. The van der Waals surface area contributed by atoms with Gasteiger partial charge in [0.1, 0.15) is 0 Å². The molecule has 4 heteroatoms. The van der Waals surface area contributed by atoms with Gasteiger partial charge in [0.2, 0.25) is 0 Å². The minimum Gasteiger partial charge on any atom is -0.369 e. The Kier molecular flexibility index (Phi) is 4.65. The fourth-order valence-electron chi connectivity index (χ4n) is 2.48. The quantitative estimate of drug-likeness (QED) is 0.931. The lowest BCUT2D eigenvalue weighted by atomic mass is 10.1. The Labute approximate surface area is 118 Å². The third-order valence-corrected chi connectivity index (χ3v) is 4.14. The van der Waals surface area contributed by atoms with Gasteiger partial charge in [-0.1, -0.05) is 28.9 Å². The van der Waals surface area contributed by atoms with Crippen LogP contribution in [0.1, 0.15) is 25.5 Å². The van der Waals surface area contributed by atoms with E-state index in [4.69, 9.17) is 5.73 Å². The number of hydrogen-bond acceptors (Lipinski definition) is 3. The lowest BCUT2D eigenvalue weighted by Gasteiger charge is -2.37. The Bertz CT molecular complexity index is 398. The summed E-state index contributed by atoms with van der Waals surface area (Å²) in [7, 11) is 0. The molecule has 3 nitrogen and oxygen atoms in total. The van der Waals surface area contributed by atoms with E-state index in [0.717, 1.165) is 37.2 Å². The van der Waals surface area contributed by atoms with E-state index >= 15 is 0 Å². The van der Waals surface area contributed by atoms with E-state index in [2.05, 4.69) is 57.8 Å². The number of hydrogen-bond donors (Lipinski definition) is 1. The van der Waals surface area contributed by atoms with Gasteiger partial charge in [-0.05, 0) is 31.2 Å². The maximum Gasteiger partial charge on any atom is 0.0426 e. The summed E-state index contributed by atoms with van der Waals surface area (Å²) in [5, 5.41) is 0. The molecule has 1 aromatic rings. The maximum absolute atomic E-state index is 6.07. The Morgan fingerprint density at radius 1 is 1.28 bits per heavy atom. The van der Waals surface area contributed by atoms with Gasteiger partial charge in [-0.15, -0.1) is 0 Å². The second kappa shape index (κ2) is 6.04. The zero-order valence-corrected chi connectivity index (χ0v) is 12.8. The molecule has 0 bridgehead atoms. The second-order valence-electron chi connectivity index (χ2n) is 4.91. The number of likely N-dealkylation sites (N-methyl/N-ethyl adjacent to an activating group) is 1. The molecule has 18 heavy (non-hydrogen) atoms. The highest BCUT2D eigenvalue weighted by Crippen LogP contribution is 2.29. The van der Waals surface area contributed by atoms with Gasteiger partial charge in [0.15, 0.2) is 0 Å². The first-order chi connectivity index (χ1) is 8.61. The number of halogens is 1. The minimum atomic E-state index is 0.0808. The predicted octanol–water partition coefficient (Wildman–Crippen LogP) is 2.61. The summed E-state index contributed by atoms with van der Waals surface area (Å²) in [6.45, 7) is 9.88. The van der Waals surface area contributed by atoms with Crippen molar-refractivity contribution in [1.82, 2.24) is 4.90 Å². The topological polar surface area (TPSA) is 32.5 Å². The summed E-state index contributed by atoms with van der Waals surface area (Å²) in [6.07, 6.45) is 0. The molecule has 2 N–H and O–H groups in total. The summed E-state index contributed by atoms with van der Waals surface area (Å²) < 4.78 is 1.12. The third kappa shape index (κ3) is 3.05. The van der Waals surface area contributed by atoms with Crippen LogP contribution in [-0.4, -0.2) is 37.6 Å². The molecule has 0 saturated carbocycles. The van der Waals surface area contributed by atoms with Crippen molar-refractivity contribution in [3.05, 3.63) is 28.2 Å². The van der Waals surface area contributed by atoms with Gasteiger partial charge >= 0.3 is 0 Å². The molecule has 1 heterocycles. The zero-order chi connectivity index (χ0) is 13.1. The third-order valence-electron chi connectivity index (χ3n) is 3.64. The monoisotopic (exact) mass is 311 g/mol. The number of rotatable bonds is 3. The van der Waals surface area contributed by atoms with E-state index in [-0.39, 0.29) is 6.04 Å². The number of nitrogens with two attached hydrogens (primary N) is 1. The molecule has 100 valence electrons. The molecule has 0 radical (unpaired) electrons. The number of benzene rings is 1. The highest BCUT2D eigenvalue weighted by atomic mass is 79.9. The summed E-state index contributed by atoms with van der Waals surface area (Å²) in [4.78, 5) is 4.94. The summed E-state index contributed by atoms with van der Waals surface area (Å²) in [6, 6.07) is 6.48. The first kappa shape index (κ1) is 13.8. The predicted molar refractivity (Wildman–Crippen MR) is 81.1 cm³/mol. The van der Waals surface area contributed by atoms with Gasteiger partial charge in [-0.2, -0.15) is 0 Å².